The van der Waals surface area contributed by atoms with E-state index in [1.165, 1.54) is 11.1 Å². The van der Waals surface area contributed by atoms with Gasteiger partial charge in [-0.1, -0.05) is 57.2 Å². The molecule has 1 heteroatoms. The van der Waals surface area contributed by atoms with E-state index in [2.05, 4.69) is 64.1 Å². The Morgan fingerprint density at radius 1 is 1.12 bits per heavy atom. The molecule has 0 bridgehead atoms. The summed E-state index contributed by atoms with van der Waals surface area (Å²) in [6, 6.07) is 8.76. The molecule has 1 aliphatic rings. The van der Waals surface area contributed by atoms with Crippen molar-refractivity contribution in [1.29, 1.82) is 0 Å². The van der Waals surface area contributed by atoms with Crippen LogP contribution in [0.4, 0.5) is 0 Å². The number of benzene rings is 1. The second kappa shape index (κ2) is 3.74. The highest BCUT2D eigenvalue weighted by Crippen LogP contribution is 2.32. The van der Waals surface area contributed by atoms with Gasteiger partial charge in [-0.25, -0.2) is 0 Å². The normalized spacial score (nSPS) is 25.0. The molecule has 16 heavy (non-hydrogen) atoms. The van der Waals surface area contributed by atoms with Crippen molar-refractivity contribution >= 4 is 0 Å². The van der Waals surface area contributed by atoms with E-state index in [0.29, 0.717) is 0 Å². The molecule has 0 radical (unpaired) electrons. The maximum Gasteiger partial charge on any atom is 0.109 e. The van der Waals surface area contributed by atoms with Gasteiger partial charge in [0.15, 0.2) is 0 Å². The van der Waals surface area contributed by atoms with Crippen LogP contribution in [-0.4, -0.2) is 6.61 Å². The van der Waals surface area contributed by atoms with Crippen LogP contribution >= 0.6 is 0 Å². The Bertz CT molecular complexity index is 394. The van der Waals surface area contributed by atoms with E-state index in [1.54, 1.807) is 0 Å². The van der Waals surface area contributed by atoms with Crippen molar-refractivity contribution in [3.63, 3.8) is 0 Å². The van der Waals surface area contributed by atoms with Gasteiger partial charge in [-0.15, -0.1) is 0 Å². The van der Waals surface area contributed by atoms with E-state index in [-0.39, 0.29) is 11.0 Å². The Kier molecular flexibility index (Phi) is 2.67. The highest BCUT2D eigenvalue weighted by atomic mass is 16.5. The van der Waals surface area contributed by atoms with Gasteiger partial charge in [0.1, 0.15) is 5.60 Å². The quantitative estimate of drug-likeness (QED) is 0.649. The third-order valence-corrected chi connectivity index (χ3v) is 3.24. The molecule has 0 saturated carbocycles. The molecule has 0 unspecified atom stereocenters. The standard InChI is InChI=1S/C15H20O/c1-14(2,3)12-6-8-13(9-7-12)15(4)10-5-11-16-15/h5-10H,11H2,1-4H3/t15-/m1/s1. The second-order valence-electron chi connectivity index (χ2n) is 5.65. The van der Waals surface area contributed by atoms with Crippen molar-refractivity contribution in [2.45, 2.75) is 38.7 Å². The Labute approximate surface area is 98.1 Å². The zero-order valence-electron chi connectivity index (χ0n) is 10.6. The fraction of sp³-hybridized carbons (Fsp3) is 0.467. The fourth-order valence-corrected chi connectivity index (χ4v) is 2.02. The summed E-state index contributed by atoms with van der Waals surface area (Å²) < 4.78 is 5.74. The van der Waals surface area contributed by atoms with Gasteiger partial charge in [0, 0.05) is 0 Å². The van der Waals surface area contributed by atoms with Crippen LogP contribution in [-0.2, 0) is 15.8 Å². The first-order valence-electron chi connectivity index (χ1n) is 5.84. The Balaban J connectivity index is 2.29. The molecule has 2 rings (SSSR count). The van der Waals surface area contributed by atoms with E-state index in [9.17, 15) is 0 Å². The molecule has 1 aromatic rings. The highest BCUT2D eigenvalue weighted by molar-refractivity contribution is 5.34. The molecule has 1 atom stereocenters. The van der Waals surface area contributed by atoms with Gasteiger partial charge in [0.2, 0.25) is 0 Å². The lowest BCUT2D eigenvalue weighted by atomic mass is 9.85. The molecule has 0 aliphatic carbocycles. The van der Waals surface area contributed by atoms with Crippen LogP contribution in [0.25, 0.3) is 0 Å². The minimum atomic E-state index is -0.226. The van der Waals surface area contributed by atoms with Crippen LogP contribution in [0.5, 0.6) is 0 Å². The molecule has 1 heterocycles. The summed E-state index contributed by atoms with van der Waals surface area (Å²) in [5.74, 6) is 0. The van der Waals surface area contributed by atoms with Crippen LogP contribution < -0.4 is 0 Å². The first kappa shape index (κ1) is 11.4. The summed E-state index contributed by atoms with van der Waals surface area (Å²) >= 11 is 0. The number of ether oxygens (including phenoxy) is 1. The zero-order valence-corrected chi connectivity index (χ0v) is 10.6. The molecule has 0 aromatic heterocycles. The van der Waals surface area contributed by atoms with Crippen molar-refractivity contribution in [2.75, 3.05) is 6.61 Å². The molecular formula is C15H20O. The number of hydrogen-bond donors (Lipinski definition) is 0. The van der Waals surface area contributed by atoms with Crippen LogP contribution in [0.15, 0.2) is 36.4 Å². The average Bonchev–Trinajstić information content (AvgIpc) is 2.66. The Hall–Kier alpha value is -1.08. The topological polar surface area (TPSA) is 9.23 Å². The van der Waals surface area contributed by atoms with Crippen LogP contribution in [0.2, 0.25) is 0 Å². The first-order valence-corrected chi connectivity index (χ1v) is 5.84. The molecule has 0 saturated heterocycles. The van der Waals surface area contributed by atoms with Gasteiger partial charge in [-0.3, -0.25) is 0 Å². The lowest BCUT2D eigenvalue weighted by Crippen LogP contribution is -2.20. The van der Waals surface area contributed by atoms with Crippen molar-refractivity contribution < 1.29 is 4.74 Å². The molecule has 86 valence electrons. The third-order valence-electron chi connectivity index (χ3n) is 3.24. The van der Waals surface area contributed by atoms with Crippen LogP contribution in [0.1, 0.15) is 38.8 Å². The zero-order chi connectivity index (χ0) is 11.8. The summed E-state index contributed by atoms with van der Waals surface area (Å²) in [6.45, 7) is 9.53. The van der Waals surface area contributed by atoms with Crippen LogP contribution in [0.3, 0.4) is 0 Å². The summed E-state index contributed by atoms with van der Waals surface area (Å²) in [7, 11) is 0. The third kappa shape index (κ3) is 2.05. The maximum atomic E-state index is 5.74. The summed E-state index contributed by atoms with van der Waals surface area (Å²) in [5, 5.41) is 0. The Morgan fingerprint density at radius 2 is 1.75 bits per heavy atom. The lowest BCUT2D eigenvalue weighted by molar-refractivity contribution is 0.0390. The SMILES string of the molecule is CC(C)(C)c1ccc([C@@]2(C)C=CCO2)cc1. The van der Waals surface area contributed by atoms with E-state index >= 15 is 0 Å². The largest absolute Gasteiger partial charge is 0.362 e. The first-order chi connectivity index (χ1) is 7.42. The number of rotatable bonds is 1. The van der Waals surface area contributed by atoms with Crippen molar-refractivity contribution in [1.82, 2.24) is 0 Å². The van der Waals surface area contributed by atoms with Gasteiger partial charge >= 0.3 is 0 Å². The van der Waals surface area contributed by atoms with E-state index in [4.69, 9.17) is 4.74 Å². The van der Waals surface area contributed by atoms with E-state index < -0.39 is 0 Å². The maximum absolute atomic E-state index is 5.74. The molecule has 0 fully saturated rings. The molecular weight excluding hydrogens is 196 g/mol. The highest BCUT2D eigenvalue weighted by Gasteiger charge is 2.27. The summed E-state index contributed by atoms with van der Waals surface area (Å²) in [5.41, 5.74) is 2.58. The number of hydrogen-bond acceptors (Lipinski definition) is 1. The van der Waals surface area contributed by atoms with E-state index in [0.717, 1.165) is 6.61 Å². The molecule has 1 aromatic carbocycles. The molecule has 0 amide bonds. The molecule has 1 aliphatic heterocycles. The van der Waals surface area contributed by atoms with Crippen molar-refractivity contribution in [2.24, 2.45) is 0 Å². The summed E-state index contributed by atoms with van der Waals surface area (Å²) in [4.78, 5) is 0. The minimum absolute atomic E-state index is 0.214. The Morgan fingerprint density at radius 3 is 2.19 bits per heavy atom. The lowest BCUT2D eigenvalue weighted by Gasteiger charge is -2.24. The smallest absolute Gasteiger partial charge is 0.109 e. The van der Waals surface area contributed by atoms with Crippen molar-refractivity contribution in [3.8, 4) is 0 Å². The van der Waals surface area contributed by atoms with Gasteiger partial charge < -0.3 is 4.74 Å². The van der Waals surface area contributed by atoms with Gasteiger partial charge in [0.05, 0.1) is 6.61 Å². The molecule has 0 spiro atoms. The van der Waals surface area contributed by atoms with Gasteiger partial charge in [-0.05, 0) is 23.5 Å². The van der Waals surface area contributed by atoms with Gasteiger partial charge in [-0.2, -0.15) is 0 Å². The predicted octanol–water partition coefficient (Wildman–Crippen LogP) is 3.79. The van der Waals surface area contributed by atoms with Crippen LogP contribution in [0, 0.1) is 0 Å². The molecule has 0 N–H and O–H groups in total. The predicted molar refractivity (Wildman–Crippen MR) is 67.6 cm³/mol. The van der Waals surface area contributed by atoms with E-state index in [1.807, 2.05) is 0 Å². The van der Waals surface area contributed by atoms with Crippen molar-refractivity contribution in [3.05, 3.63) is 47.5 Å². The summed E-state index contributed by atoms with van der Waals surface area (Å²) in [6.07, 6.45) is 4.22. The molecule has 1 nitrogen and oxygen atoms in total. The second-order valence-corrected chi connectivity index (χ2v) is 5.65. The minimum Gasteiger partial charge on any atom is -0.362 e. The monoisotopic (exact) mass is 216 g/mol. The fourth-order valence-electron chi connectivity index (χ4n) is 2.02. The average molecular weight is 216 g/mol. The van der Waals surface area contributed by atoms with Gasteiger partial charge in [0.25, 0.3) is 0 Å².